The first-order valence-electron chi connectivity index (χ1n) is 5.73. The Hall–Kier alpha value is -1.17. The van der Waals surface area contributed by atoms with Gasteiger partial charge in [0.25, 0.3) is 0 Å². The van der Waals surface area contributed by atoms with Crippen LogP contribution in [0.3, 0.4) is 0 Å². The molecule has 92 valence electrons. The molecule has 0 spiro atoms. The zero-order valence-corrected chi connectivity index (χ0v) is 9.63. The molecule has 0 saturated carbocycles. The van der Waals surface area contributed by atoms with Gasteiger partial charge >= 0.3 is 6.09 Å². The molecule has 1 amide bonds. The van der Waals surface area contributed by atoms with Crippen molar-refractivity contribution in [3.63, 3.8) is 0 Å². The van der Waals surface area contributed by atoms with Crippen LogP contribution in [0.25, 0.3) is 0 Å². The Labute approximate surface area is 95.2 Å². The topological polar surface area (TPSA) is 73.2 Å². The maximum Gasteiger partial charge on any atom is 0.430 e. The van der Waals surface area contributed by atoms with Crippen LogP contribution < -0.4 is 0 Å². The third-order valence-corrected chi connectivity index (χ3v) is 3.01. The lowest BCUT2D eigenvalue weighted by Gasteiger charge is -2.28. The second-order valence-corrected chi connectivity index (χ2v) is 4.25. The predicted molar refractivity (Wildman–Crippen MR) is 60.0 cm³/mol. The number of piperidine rings is 1. The Morgan fingerprint density at radius 3 is 2.56 bits per heavy atom. The molecule has 6 heteroatoms. The van der Waals surface area contributed by atoms with E-state index >= 15 is 0 Å². The van der Waals surface area contributed by atoms with Crippen LogP contribution >= 0.6 is 0 Å². The number of carboxylic acid groups (broad SMARTS) is 1. The van der Waals surface area contributed by atoms with Crippen LogP contribution in [0.15, 0.2) is 5.29 Å². The quantitative estimate of drug-likeness (QED) is 0.577. The molecule has 0 aromatic heterocycles. The number of likely N-dealkylation sites (tertiary alicyclic amines) is 1. The van der Waals surface area contributed by atoms with E-state index in [4.69, 9.17) is 5.11 Å². The third kappa shape index (κ3) is 3.77. The average molecular weight is 229 g/mol. The first kappa shape index (κ1) is 12.9. The summed E-state index contributed by atoms with van der Waals surface area (Å²) in [5.74, 6) is 0. The number of amides is 1. The summed E-state index contributed by atoms with van der Waals surface area (Å²) in [6.45, 7) is 4.70. The van der Waals surface area contributed by atoms with Crippen molar-refractivity contribution in [3.05, 3.63) is 4.91 Å². The molecule has 0 aromatic carbocycles. The van der Waals surface area contributed by atoms with Crippen molar-refractivity contribution in [1.82, 2.24) is 9.91 Å². The molecule has 1 heterocycles. The van der Waals surface area contributed by atoms with E-state index in [0.29, 0.717) is 11.4 Å². The van der Waals surface area contributed by atoms with Crippen LogP contribution in [0.5, 0.6) is 0 Å². The molecule has 0 aliphatic carbocycles. The van der Waals surface area contributed by atoms with Crippen LogP contribution in [-0.4, -0.2) is 46.8 Å². The van der Waals surface area contributed by atoms with Crippen LogP contribution in [0.1, 0.15) is 32.6 Å². The zero-order chi connectivity index (χ0) is 12.0. The maximum atomic E-state index is 10.6. The SMILES string of the molecule is CC(CCN1CCCCC1)N(N=O)C(=O)O. The van der Waals surface area contributed by atoms with Gasteiger partial charge in [-0.15, -0.1) is 4.91 Å². The smallest absolute Gasteiger partial charge is 0.430 e. The molecular formula is C10H19N3O3. The molecular weight excluding hydrogens is 210 g/mol. The number of nitrogens with zero attached hydrogens (tertiary/aromatic N) is 3. The molecule has 0 aromatic rings. The highest BCUT2D eigenvalue weighted by Crippen LogP contribution is 2.11. The van der Waals surface area contributed by atoms with Crippen molar-refractivity contribution < 1.29 is 9.90 Å². The molecule has 1 rings (SSSR count). The van der Waals surface area contributed by atoms with Crippen molar-refractivity contribution in [2.75, 3.05) is 19.6 Å². The van der Waals surface area contributed by atoms with E-state index in [1.807, 2.05) is 0 Å². The highest BCUT2D eigenvalue weighted by Gasteiger charge is 2.21. The van der Waals surface area contributed by atoms with Gasteiger partial charge in [-0.3, -0.25) is 0 Å². The van der Waals surface area contributed by atoms with Gasteiger partial charge in [-0.2, -0.15) is 5.01 Å². The first-order chi connectivity index (χ1) is 7.65. The Bertz CT molecular complexity index is 241. The van der Waals surface area contributed by atoms with Gasteiger partial charge in [0.15, 0.2) is 0 Å². The molecule has 1 fully saturated rings. The van der Waals surface area contributed by atoms with Gasteiger partial charge in [0.2, 0.25) is 0 Å². The normalized spacial score (nSPS) is 19.1. The Morgan fingerprint density at radius 2 is 2.06 bits per heavy atom. The summed E-state index contributed by atoms with van der Waals surface area (Å²) in [5.41, 5.74) is 0. The molecule has 1 unspecified atom stereocenters. The van der Waals surface area contributed by atoms with Gasteiger partial charge in [0.1, 0.15) is 0 Å². The standard InChI is InChI=1S/C10H19N3O3/c1-9(13(11-16)10(14)15)5-8-12-6-3-2-4-7-12/h9H,2-8H2,1H3,(H,14,15). The van der Waals surface area contributed by atoms with Crippen LogP contribution in [0, 0.1) is 4.91 Å². The van der Waals surface area contributed by atoms with Crippen molar-refractivity contribution in [1.29, 1.82) is 0 Å². The van der Waals surface area contributed by atoms with Crippen LogP contribution in [0.4, 0.5) is 4.79 Å². The summed E-state index contributed by atoms with van der Waals surface area (Å²) < 4.78 is 0. The van der Waals surface area contributed by atoms with Gasteiger partial charge in [0.05, 0.1) is 11.3 Å². The summed E-state index contributed by atoms with van der Waals surface area (Å²) in [6, 6.07) is -0.350. The van der Waals surface area contributed by atoms with Crippen molar-refractivity contribution in [2.24, 2.45) is 5.29 Å². The molecule has 1 aliphatic heterocycles. The number of hydrogen-bond acceptors (Lipinski definition) is 4. The molecule has 16 heavy (non-hydrogen) atoms. The largest absolute Gasteiger partial charge is 0.464 e. The van der Waals surface area contributed by atoms with Crippen molar-refractivity contribution in [3.8, 4) is 0 Å². The zero-order valence-electron chi connectivity index (χ0n) is 9.63. The second-order valence-electron chi connectivity index (χ2n) is 4.25. The average Bonchev–Trinajstić information content (AvgIpc) is 2.28. The Kier molecular flexibility index (Phi) is 5.18. The van der Waals surface area contributed by atoms with Crippen molar-refractivity contribution >= 4 is 6.09 Å². The van der Waals surface area contributed by atoms with Crippen LogP contribution in [0.2, 0.25) is 0 Å². The summed E-state index contributed by atoms with van der Waals surface area (Å²) in [7, 11) is 0. The minimum absolute atomic E-state index is 0.350. The van der Waals surface area contributed by atoms with Gasteiger partial charge in [-0.25, -0.2) is 4.79 Å². The van der Waals surface area contributed by atoms with E-state index in [0.717, 1.165) is 19.6 Å². The summed E-state index contributed by atoms with van der Waals surface area (Å²) in [4.78, 5) is 23.3. The van der Waals surface area contributed by atoms with Crippen LogP contribution in [-0.2, 0) is 0 Å². The molecule has 1 aliphatic rings. The molecule has 1 atom stereocenters. The number of carbonyl (C=O) groups is 1. The van der Waals surface area contributed by atoms with Crippen molar-refractivity contribution in [2.45, 2.75) is 38.6 Å². The molecule has 6 nitrogen and oxygen atoms in total. The van der Waals surface area contributed by atoms with Gasteiger partial charge in [-0.05, 0) is 39.3 Å². The van der Waals surface area contributed by atoms with E-state index in [1.165, 1.54) is 19.3 Å². The van der Waals surface area contributed by atoms with Gasteiger partial charge in [0, 0.05) is 6.54 Å². The molecule has 1 saturated heterocycles. The predicted octanol–water partition coefficient (Wildman–Crippen LogP) is 1.91. The molecule has 0 bridgehead atoms. The fraction of sp³-hybridized carbons (Fsp3) is 0.900. The van der Waals surface area contributed by atoms with E-state index in [-0.39, 0.29) is 6.04 Å². The summed E-state index contributed by atoms with van der Waals surface area (Å²) >= 11 is 0. The Morgan fingerprint density at radius 1 is 1.44 bits per heavy atom. The minimum atomic E-state index is -1.28. The number of nitroso groups, excluding NO2 is 1. The van der Waals surface area contributed by atoms with E-state index in [1.54, 1.807) is 6.92 Å². The van der Waals surface area contributed by atoms with E-state index in [9.17, 15) is 9.70 Å². The second kappa shape index (κ2) is 6.42. The lowest BCUT2D eigenvalue weighted by Crippen LogP contribution is -2.37. The fourth-order valence-electron chi connectivity index (χ4n) is 1.98. The van der Waals surface area contributed by atoms with E-state index in [2.05, 4.69) is 10.2 Å². The minimum Gasteiger partial charge on any atom is -0.464 e. The van der Waals surface area contributed by atoms with Gasteiger partial charge in [-0.1, -0.05) is 6.42 Å². The Balaban J connectivity index is 2.29. The highest BCUT2D eigenvalue weighted by atomic mass is 16.4. The number of hydrogen-bond donors (Lipinski definition) is 1. The summed E-state index contributed by atoms with van der Waals surface area (Å²) in [5, 5.41) is 11.8. The van der Waals surface area contributed by atoms with Gasteiger partial charge < -0.3 is 10.0 Å². The third-order valence-electron chi connectivity index (χ3n) is 3.01. The lowest BCUT2D eigenvalue weighted by atomic mass is 10.1. The lowest BCUT2D eigenvalue weighted by molar-refractivity contribution is 0.120. The molecule has 1 N–H and O–H groups in total. The fourth-order valence-corrected chi connectivity index (χ4v) is 1.98. The molecule has 0 radical (unpaired) electrons. The number of rotatable bonds is 5. The monoisotopic (exact) mass is 229 g/mol. The summed E-state index contributed by atoms with van der Waals surface area (Å²) in [6.07, 6.45) is 3.08. The maximum absolute atomic E-state index is 10.6. The highest BCUT2D eigenvalue weighted by molar-refractivity contribution is 5.64. The first-order valence-corrected chi connectivity index (χ1v) is 5.73. The van der Waals surface area contributed by atoms with E-state index < -0.39 is 6.09 Å².